The molecular formula is C10H13F3OSn2+2. The summed E-state index contributed by atoms with van der Waals surface area (Å²) >= 11 is 1.05. The van der Waals surface area contributed by atoms with Gasteiger partial charge >= 0.3 is 121 Å². The van der Waals surface area contributed by atoms with E-state index < -0.39 is 15.9 Å². The van der Waals surface area contributed by atoms with E-state index in [1.807, 2.05) is 0 Å². The third kappa shape index (κ3) is 4.08. The molecule has 0 aromatic rings. The first kappa shape index (κ1) is 15.1. The van der Waals surface area contributed by atoms with Gasteiger partial charge in [-0.25, -0.2) is 0 Å². The van der Waals surface area contributed by atoms with Gasteiger partial charge < -0.3 is 0 Å². The van der Waals surface area contributed by atoms with E-state index in [0.717, 1.165) is 32.1 Å². The van der Waals surface area contributed by atoms with Crippen LogP contribution in [0, 0.1) is 5.92 Å². The molecule has 0 aromatic carbocycles. The molecule has 1 N–H and O–H groups in total. The van der Waals surface area contributed by atoms with Crippen molar-refractivity contribution in [3.8, 4) is 0 Å². The van der Waals surface area contributed by atoms with Crippen molar-refractivity contribution in [3.05, 3.63) is 7.18 Å². The molecule has 0 spiro atoms. The third-order valence-corrected chi connectivity index (χ3v) is 8.12. The van der Waals surface area contributed by atoms with Gasteiger partial charge in [0.1, 0.15) is 0 Å². The maximum absolute atomic E-state index is 12.5. The first-order valence-electron chi connectivity index (χ1n) is 5.26. The minimum absolute atomic E-state index is 0.0425. The first-order valence-corrected chi connectivity index (χ1v) is 8.12. The second kappa shape index (κ2) is 6.31. The molecule has 0 bridgehead atoms. The summed E-state index contributed by atoms with van der Waals surface area (Å²) in [4.78, 5) is 0. The van der Waals surface area contributed by atoms with Crippen LogP contribution in [0.1, 0.15) is 32.1 Å². The predicted octanol–water partition coefficient (Wildman–Crippen LogP) is 2.04. The molecule has 0 aliphatic heterocycles. The van der Waals surface area contributed by atoms with E-state index >= 15 is 0 Å². The Labute approximate surface area is 120 Å². The monoisotopic (exact) mass is 446 g/mol. The van der Waals surface area contributed by atoms with Gasteiger partial charge in [-0.1, -0.05) is 0 Å². The summed E-state index contributed by atoms with van der Waals surface area (Å²) in [5.74, 6) is 0.0425. The zero-order chi connectivity index (χ0) is 12.3. The van der Waals surface area contributed by atoms with Crippen LogP contribution in [0.15, 0.2) is 7.18 Å². The van der Waals surface area contributed by atoms with Crippen LogP contribution in [0.25, 0.3) is 0 Å². The zero-order valence-corrected chi connectivity index (χ0v) is 14.5. The van der Waals surface area contributed by atoms with Gasteiger partial charge in [0.15, 0.2) is 0 Å². The molecule has 0 aromatic heterocycles. The van der Waals surface area contributed by atoms with Crippen molar-refractivity contribution >= 4 is 45.0 Å². The fourth-order valence-electron chi connectivity index (χ4n) is 1.99. The van der Waals surface area contributed by atoms with Crippen molar-refractivity contribution < 1.29 is 18.3 Å². The summed E-state index contributed by atoms with van der Waals surface area (Å²) in [5.41, 5.74) is 0. The van der Waals surface area contributed by atoms with Gasteiger partial charge in [0.05, 0.1) is 0 Å². The van der Waals surface area contributed by atoms with Crippen LogP contribution in [0.2, 0.25) is 0 Å². The topological polar surface area (TPSA) is 20.2 Å². The molecule has 86 valence electrons. The molecule has 1 atom stereocenters. The summed E-state index contributed by atoms with van der Waals surface area (Å²) in [6.45, 7) is 0. The summed E-state index contributed by atoms with van der Waals surface area (Å²) in [5, 5.41) is 9.96. The van der Waals surface area contributed by atoms with Gasteiger partial charge in [-0.05, 0) is 0 Å². The fourth-order valence-corrected chi connectivity index (χ4v) is 3.49. The Kier molecular flexibility index (Phi) is 5.97. The Hall–Kier alpha value is 1.09. The molecule has 1 aliphatic carbocycles. The third-order valence-electron chi connectivity index (χ3n) is 2.94. The summed E-state index contributed by atoms with van der Waals surface area (Å²) in [7, 11) is 0. The number of hydrogen-bond donors (Lipinski definition) is 1. The Morgan fingerprint density at radius 3 is 2.06 bits per heavy atom. The number of allylic oxidation sites excluding steroid dienone is 1. The van der Waals surface area contributed by atoms with Crippen molar-refractivity contribution in [1.29, 1.82) is 0 Å². The van der Waals surface area contributed by atoms with E-state index in [1.165, 1.54) is 0 Å². The SMILES string of the molecule is OC(/[C]([Sn+])=[C](/[Sn+])C(F)(F)F)C1CCCCC1. The van der Waals surface area contributed by atoms with Crippen LogP contribution in [0.4, 0.5) is 13.2 Å². The molecule has 1 nitrogen and oxygen atoms in total. The van der Waals surface area contributed by atoms with E-state index in [4.69, 9.17) is 0 Å². The van der Waals surface area contributed by atoms with E-state index in [1.54, 1.807) is 0 Å². The van der Waals surface area contributed by atoms with Gasteiger partial charge in [0.2, 0.25) is 0 Å². The predicted molar refractivity (Wildman–Crippen MR) is 57.2 cm³/mol. The van der Waals surface area contributed by atoms with Gasteiger partial charge in [0, 0.05) is 0 Å². The molecule has 1 aliphatic rings. The van der Waals surface area contributed by atoms with E-state index in [9.17, 15) is 18.3 Å². The molecule has 0 saturated heterocycles. The van der Waals surface area contributed by atoms with Crippen LogP contribution >= 0.6 is 0 Å². The number of aliphatic hydroxyl groups is 1. The maximum atomic E-state index is 12.5. The molecule has 0 amide bonds. The van der Waals surface area contributed by atoms with Crippen molar-refractivity contribution in [2.75, 3.05) is 0 Å². The number of rotatable bonds is 2. The van der Waals surface area contributed by atoms with Crippen LogP contribution in [-0.2, 0) is 0 Å². The summed E-state index contributed by atoms with van der Waals surface area (Å²) in [6, 6.07) is 0. The van der Waals surface area contributed by atoms with E-state index in [0.29, 0.717) is 45.0 Å². The zero-order valence-electron chi connectivity index (χ0n) is 8.77. The Morgan fingerprint density at radius 1 is 1.12 bits per heavy atom. The van der Waals surface area contributed by atoms with Crippen molar-refractivity contribution in [2.24, 2.45) is 5.92 Å². The molecule has 4 radical (unpaired) electrons. The molecule has 1 saturated carbocycles. The molecule has 1 fully saturated rings. The number of alkyl halides is 3. The second-order valence-electron chi connectivity index (χ2n) is 4.13. The molecule has 6 heteroatoms. The average molecular weight is 444 g/mol. The summed E-state index contributed by atoms with van der Waals surface area (Å²) in [6.07, 6.45) is -0.196. The number of halogens is 3. The van der Waals surface area contributed by atoms with Crippen LogP contribution < -0.4 is 0 Å². The van der Waals surface area contributed by atoms with Gasteiger partial charge in [-0.3, -0.25) is 0 Å². The van der Waals surface area contributed by atoms with Crippen LogP contribution in [0.5, 0.6) is 0 Å². The normalized spacial score (nSPS) is 22.8. The molecular weight excluding hydrogens is 431 g/mol. The van der Waals surface area contributed by atoms with Gasteiger partial charge in [0.25, 0.3) is 0 Å². The molecule has 1 rings (SSSR count). The van der Waals surface area contributed by atoms with Crippen LogP contribution in [0.3, 0.4) is 0 Å². The molecule has 0 heterocycles. The number of aliphatic hydroxyl groups excluding tert-OH is 1. The molecule has 1 unspecified atom stereocenters. The number of hydrogen-bond acceptors (Lipinski definition) is 1. The van der Waals surface area contributed by atoms with Gasteiger partial charge in [-0.2, -0.15) is 0 Å². The second-order valence-corrected chi connectivity index (χ2v) is 7.09. The Balaban J connectivity index is 2.75. The quantitative estimate of drug-likeness (QED) is 0.648. The van der Waals surface area contributed by atoms with E-state index in [-0.39, 0.29) is 9.51 Å². The Morgan fingerprint density at radius 2 is 1.62 bits per heavy atom. The molecule has 16 heavy (non-hydrogen) atoms. The van der Waals surface area contributed by atoms with Gasteiger partial charge in [-0.15, -0.1) is 0 Å². The van der Waals surface area contributed by atoms with E-state index in [2.05, 4.69) is 0 Å². The standard InChI is InChI=1S/C10H13F3O.2Sn/c11-10(12,13)7-6-9(14)8-4-2-1-3-5-8;;/h8-9,14H,1-5H2;;/q;2*+1. The van der Waals surface area contributed by atoms with Crippen molar-refractivity contribution in [1.82, 2.24) is 0 Å². The average Bonchev–Trinajstić information content (AvgIpc) is 2.26. The Bertz CT molecular complexity index is 270. The fraction of sp³-hybridized carbons (Fsp3) is 0.800. The van der Waals surface area contributed by atoms with Crippen molar-refractivity contribution in [2.45, 2.75) is 44.4 Å². The van der Waals surface area contributed by atoms with Crippen molar-refractivity contribution in [3.63, 3.8) is 0 Å². The van der Waals surface area contributed by atoms with Crippen LogP contribution in [-0.4, -0.2) is 62.4 Å². The minimum atomic E-state index is -4.26. The first-order chi connectivity index (χ1) is 7.34. The summed E-state index contributed by atoms with van der Waals surface area (Å²) < 4.78 is 37.2.